The van der Waals surface area contributed by atoms with Crippen molar-refractivity contribution in [2.45, 2.75) is 31.5 Å². The van der Waals surface area contributed by atoms with Crippen molar-refractivity contribution >= 4 is 6.29 Å². The fourth-order valence-corrected chi connectivity index (χ4v) is 2.36. The number of hydrogen-bond donors (Lipinski definition) is 3. The standard InChI is InChI=1S/C15H20O7/c1-8-12(7-17)22-15(14(19)13(8)18)21-10-4-3-9(6-16)5-11(10)20-2/h3-6,8,12-15,17-19H,7H2,1-2H3/t8-,12-,13+,14-,15-/m1/s1. The summed E-state index contributed by atoms with van der Waals surface area (Å²) in [5, 5.41) is 29.4. The van der Waals surface area contributed by atoms with E-state index in [1.165, 1.54) is 25.3 Å². The molecule has 1 fully saturated rings. The Morgan fingerprint density at radius 2 is 2.00 bits per heavy atom. The fraction of sp³-hybridized carbons (Fsp3) is 0.533. The molecule has 0 aromatic heterocycles. The SMILES string of the molecule is COc1cc(C=O)ccc1O[C@@H]1O[C@H](CO)[C@@H](C)[C@H](O)[C@H]1O. The summed E-state index contributed by atoms with van der Waals surface area (Å²) in [5.74, 6) is 0.129. The van der Waals surface area contributed by atoms with Gasteiger partial charge < -0.3 is 29.5 Å². The Bertz CT molecular complexity index is 517. The molecule has 22 heavy (non-hydrogen) atoms. The van der Waals surface area contributed by atoms with Crippen molar-refractivity contribution in [1.29, 1.82) is 0 Å². The fourth-order valence-electron chi connectivity index (χ4n) is 2.36. The maximum Gasteiger partial charge on any atom is 0.229 e. The van der Waals surface area contributed by atoms with E-state index >= 15 is 0 Å². The van der Waals surface area contributed by atoms with Crippen LogP contribution in [0.5, 0.6) is 11.5 Å². The monoisotopic (exact) mass is 312 g/mol. The zero-order chi connectivity index (χ0) is 16.3. The molecule has 0 aliphatic carbocycles. The molecule has 1 aliphatic heterocycles. The van der Waals surface area contributed by atoms with E-state index in [-0.39, 0.29) is 12.4 Å². The second-order valence-corrected chi connectivity index (χ2v) is 5.21. The van der Waals surface area contributed by atoms with Gasteiger partial charge in [0.05, 0.1) is 25.9 Å². The Morgan fingerprint density at radius 3 is 2.59 bits per heavy atom. The van der Waals surface area contributed by atoms with Crippen LogP contribution >= 0.6 is 0 Å². The summed E-state index contributed by atoms with van der Waals surface area (Å²) in [6, 6.07) is 4.53. The van der Waals surface area contributed by atoms with Gasteiger partial charge in [-0.3, -0.25) is 4.79 Å². The van der Waals surface area contributed by atoms with Crippen LogP contribution in [0.2, 0.25) is 0 Å². The number of carbonyl (C=O) groups excluding carboxylic acids is 1. The topological polar surface area (TPSA) is 105 Å². The third-order valence-electron chi connectivity index (χ3n) is 3.81. The van der Waals surface area contributed by atoms with Crippen LogP contribution in [0.4, 0.5) is 0 Å². The van der Waals surface area contributed by atoms with Crippen LogP contribution in [0.15, 0.2) is 18.2 Å². The Balaban J connectivity index is 2.20. The lowest BCUT2D eigenvalue weighted by Crippen LogP contribution is -2.56. The molecular weight excluding hydrogens is 292 g/mol. The molecule has 0 radical (unpaired) electrons. The highest BCUT2D eigenvalue weighted by Crippen LogP contribution is 2.32. The predicted octanol–water partition coefficient (Wildman–Crippen LogP) is -0.0384. The van der Waals surface area contributed by atoms with Gasteiger partial charge in [0.15, 0.2) is 11.5 Å². The zero-order valence-electron chi connectivity index (χ0n) is 12.4. The summed E-state index contributed by atoms with van der Waals surface area (Å²) < 4.78 is 16.2. The van der Waals surface area contributed by atoms with Crippen LogP contribution in [0.25, 0.3) is 0 Å². The van der Waals surface area contributed by atoms with Gasteiger partial charge in [0, 0.05) is 11.5 Å². The van der Waals surface area contributed by atoms with Gasteiger partial charge in [0.1, 0.15) is 12.4 Å². The van der Waals surface area contributed by atoms with Gasteiger partial charge in [-0.2, -0.15) is 0 Å². The Kier molecular flexibility index (Phi) is 5.36. The lowest BCUT2D eigenvalue weighted by molar-refractivity contribution is -0.261. The zero-order valence-corrected chi connectivity index (χ0v) is 12.4. The number of aldehydes is 1. The van der Waals surface area contributed by atoms with E-state index < -0.39 is 30.5 Å². The second kappa shape index (κ2) is 7.06. The molecule has 0 spiro atoms. The molecule has 1 heterocycles. The van der Waals surface area contributed by atoms with Crippen molar-refractivity contribution in [3.63, 3.8) is 0 Å². The van der Waals surface area contributed by atoms with Gasteiger partial charge in [-0.05, 0) is 18.2 Å². The van der Waals surface area contributed by atoms with Crippen LogP contribution in [0.3, 0.4) is 0 Å². The molecule has 5 atom stereocenters. The molecule has 0 amide bonds. The van der Waals surface area contributed by atoms with Crippen molar-refractivity contribution in [2.75, 3.05) is 13.7 Å². The minimum Gasteiger partial charge on any atom is -0.493 e. The molecular formula is C15H20O7. The molecule has 0 bridgehead atoms. The van der Waals surface area contributed by atoms with Gasteiger partial charge >= 0.3 is 0 Å². The molecule has 7 nitrogen and oxygen atoms in total. The molecule has 1 aliphatic rings. The third-order valence-corrected chi connectivity index (χ3v) is 3.81. The van der Waals surface area contributed by atoms with E-state index in [1.54, 1.807) is 6.92 Å². The van der Waals surface area contributed by atoms with Crippen molar-refractivity contribution in [2.24, 2.45) is 5.92 Å². The normalized spacial score (nSPS) is 31.6. The molecule has 3 N–H and O–H groups in total. The Labute approximate surface area is 128 Å². The molecule has 1 saturated heterocycles. The minimum absolute atomic E-state index is 0.260. The van der Waals surface area contributed by atoms with Crippen molar-refractivity contribution < 1.29 is 34.3 Å². The van der Waals surface area contributed by atoms with Gasteiger partial charge in [-0.1, -0.05) is 6.92 Å². The van der Waals surface area contributed by atoms with Crippen molar-refractivity contribution in [1.82, 2.24) is 0 Å². The number of hydrogen-bond acceptors (Lipinski definition) is 7. The van der Waals surface area contributed by atoms with Gasteiger partial charge in [0.2, 0.25) is 6.29 Å². The number of aliphatic hydroxyl groups excluding tert-OH is 3. The number of benzene rings is 1. The van der Waals surface area contributed by atoms with E-state index in [2.05, 4.69) is 0 Å². The smallest absolute Gasteiger partial charge is 0.229 e. The maximum atomic E-state index is 10.8. The predicted molar refractivity (Wildman–Crippen MR) is 75.9 cm³/mol. The van der Waals surface area contributed by atoms with Crippen LogP contribution in [0, 0.1) is 5.92 Å². The summed E-state index contributed by atoms with van der Waals surface area (Å²) in [7, 11) is 1.42. The molecule has 122 valence electrons. The molecule has 2 rings (SSSR count). The van der Waals surface area contributed by atoms with Crippen LogP contribution in [0.1, 0.15) is 17.3 Å². The largest absolute Gasteiger partial charge is 0.493 e. The maximum absolute atomic E-state index is 10.8. The number of aliphatic hydroxyl groups is 3. The van der Waals surface area contributed by atoms with Gasteiger partial charge in [-0.25, -0.2) is 0 Å². The molecule has 1 aromatic carbocycles. The van der Waals surface area contributed by atoms with E-state index in [4.69, 9.17) is 14.2 Å². The molecule has 7 heteroatoms. The average Bonchev–Trinajstić information content (AvgIpc) is 2.55. The first-order chi connectivity index (χ1) is 10.5. The highest BCUT2D eigenvalue weighted by molar-refractivity contribution is 5.76. The van der Waals surface area contributed by atoms with E-state index in [9.17, 15) is 20.1 Å². The van der Waals surface area contributed by atoms with E-state index in [0.717, 1.165) is 0 Å². The quantitative estimate of drug-likeness (QED) is 0.655. The molecule has 0 unspecified atom stereocenters. The second-order valence-electron chi connectivity index (χ2n) is 5.21. The summed E-state index contributed by atoms with van der Waals surface area (Å²) in [6.45, 7) is 1.37. The number of ether oxygens (including phenoxy) is 3. The summed E-state index contributed by atoms with van der Waals surface area (Å²) in [6.07, 6.45) is -3.49. The Hall–Kier alpha value is -1.67. The van der Waals surface area contributed by atoms with Gasteiger partial charge in [0.25, 0.3) is 0 Å². The highest BCUT2D eigenvalue weighted by atomic mass is 16.7. The molecule has 1 aromatic rings. The van der Waals surface area contributed by atoms with Crippen LogP contribution in [-0.4, -0.2) is 59.9 Å². The van der Waals surface area contributed by atoms with Gasteiger partial charge in [-0.15, -0.1) is 0 Å². The highest BCUT2D eigenvalue weighted by Gasteiger charge is 2.43. The number of rotatable bonds is 5. The summed E-state index contributed by atoms with van der Waals surface area (Å²) in [5.41, 5.74) is 0.413. The molecule has 0 saturated carbocycles. The third kappa shape index (κ3) is 3.22. The minimum atomic E-state index is -1.27. The summed E-state index contributed by atoms with van der Waals surface area (Å²) in [4.78, 5) is 10.8. The lowest BCUT2D eigenvalue weighted by atomic mass is 9.91. The number of methoxy groups -OCH3 is 1. The lowest BCUT2D eigenvalue weighted by Gasteiger charge is -2.40. The Morgan fingerprint density at radius 1 is 1.27 bits per heavy atom. The van der Waals surface area contributed by atoms with Crippen LogP contribution in [-0.2, 0) is 4.74 Å². The van der Waals surface area contributed by atoms with Crippen molar-refractivity contribution in [3.05, 3.63) is 23.8 Å². The average molecular weight is 312 g/mol. The first-order valence-electron chi connectivity index (χ1n) is 6.94. The number of carbonyl (C=O) groups is 1. The van der Waals surface area contributed by atoms with Crippen molar-refractivity contribution in [3.8, 4) is 11.5 Å². The van der Waals surface area contributed by atoms with E-state index in [0.29, 0.717) is 17.6 Å². The first-order valence-corrected chi connectivity index (χ1v) is 6.94. The summed E-state index contributed by atoms with van der Waals surface area (Å²) >= 11 is 0. The van der Waals surface area contributed by atoms with Crippen LogP contribution < -0.4 is 9.47 Å². The van der Waals surface area contributed by atoms with E-state index in [1.807, 2.05) is 0 Å². The first kappa shape index (κ1) is 16.7.